The van der Waals surface area contributed by atoms with Gasteiger partial charge < -0.3 is 15.0 Å². The number of nitrogens with two attached hydrogens (primary N) is 1. The third kappa shape index (κ3) is 3.07. The average Bonchev–Trinajstić information content (AvgIpc) is 3.22. The number of benzene rings is 1. The number of thiophene rings is 1. The zero-order valence-electron chi connectivity index (χ0n) is 14.7. The van der Waals surface area contributed by atoms with Crippen LogP contribution in [-0.4, -0.2) is 17.6 Å². The Kier molecular flexibility index (Phi) is 4.95. The number of hydrogen-bond acceptors (Lipinski definition) is 3. The summed E-state index contributed by atoms with van der Waals surface area (Å²) < 4.78 is 7.67. The minimum atomic E-state index is -0.382. The number of carbonyl (C=O) groups excluding carboxylic acids is 1. The fourth-order valence-corrected chi connectivity index (χ4v) is 4.05. The van der Waals surface area contributed by atoms with Gasteiger partial charge >= 0.3 is 0 Å². The number of para-hydroxylation sites is 1. The van der Waals surface area contributed by atoms with Gasteiger partial charge in [-0.15, -0.1) is 0 Å². The molecule has 3 aromatic rings. The fraction of sp³-hybridized carbons (Fsp3) is 0.250. The van der Waals surface area contributed by atoms with Crippen molar-refractivity contribution in [3.63, 3.8) is 0 Å². The molecule has 5 heteroatoms. The number of methoxy groups -OCH3 is 1. The molecule has 2 N–H and O–H groups in total. The van der Waals surface area contributed by atoms with Crippen LogP contribution < -0.4 is 10.5 Å². The number of hydrogen-bond donors (Lipinski definition) is 1. The number of nitrogens with zero attached hydrogens (tertiary/aromatic N) is 1. The largest absolute Gasteiger partial charge is 0.496 e. The van der Waals surface area contributed by atoms with Gasteiger partial charge in [0.15, 0.2) is 0 Å². The highest BCUT2D eigenvalue weighted by Gasteiger charge is 2.24. The molecule has 0 bridgehead atoms. The Morgan fingerprint density at radius 1 is 1.28 bits per heavy atom. The first kappa shape index (κ1) is 17.3. The summed E-state index contributed by atoms with van der Waals surface area (Å²) in [6.45, 7) is 4.71. The van der Waals surface area contributed by atoms with Crippen molar-refractivity contribution in [2.45, 2.75) is 26.8 Å². The van der Waals surface area contributed by atoms with Gasteiger partial charge in [-0.05, 0) is 41.8 Å². The zero-order valence-corrected chi connectivity index (χ0v) is 15.5. The van der Waals surface area contributed by atoms with E-state index in [1.807, 2.05) is 42.6 Å². The molecule has 0 spiro atoms. The number of carbonyl (C=O) groups is 1. The summed E-state index contributed by atoms with van der Waals surface area (Å²) in [5.41, 5.74) is 11.5. The summed E-state index contributed by atoms with van der Waals surface area (Å²) in [6.07, 6.45) is 0.814. The highest BCUT2D eigenvalue weighted by Crippen LogP contribution is 2.35. The Morgan fingerprint density at radius 2 is 2.04 bits per heavy atom. The lowest BCUT2D eigenvalue weighted by Gasteiger charge is -2.14. The lowest BCUT2D eigenvalue weighted by molar-refractivity contribution is 0.1000. The first-order valence-electron chi connectivity index (χ1n) is 8.24. The second kappa shape index (κ2) is 7.15. The van der Waals surface area contributed by atoms with Crippen LogP contribution in [0.3, 0.4) is 0 Å². The van der Waals surface area contributed by atoms with Crippen molar-refractivity contribution in [1.29, 1.82) is 0 Å². The van der Waals surface area contributed by atoms with Crippen LogP contribution in [0.15, 0.2) is 41.1 Å². The van der Waals surface area contributed by atoms with E-state index < -0.39 is 0 Å². The maximum absolute atomic E-state index is 12.2. The summed E-state index contributed by atoms with van der Waals surface area (Å²) in [6, 6.07) is 9.99. The van der Waals surface area contributed by atoms with Gasteiger partial charge in [0, 0.05) is 22.5 Å². The minimum Gasteiger partial charge on any atom is -0.496 e. The van der Waals surface area contributed by atoms with Gasteiger partial charge in [-0.2, -0.15) is 11.3 Å². The van der Waals surface area contributed by atoms with E-state index >= 15 is 0 Å². The Balaban J connectivity index is 2.20. The van der Waals surface area contributed by atoms with Crippen molar-refractivity contribution >= 4 is 17.2 Å². The average molecular weight is 354 g/mol. The molecule has 2 heterocycles. The quantitative estimate of drug-likeness (QED) is 0.720. The molecule has 1 amide bonds. The van der Waals surface area contributed by atoms with Crippen molar-refractivity contribution < 1.29 is 9.53 Å². The van der Waals surface area contributed by atoms with Gasteiger partial charge in [0.2, 0.25) is 0 Å². The van der Waals surface area contributed by atoms with Crippen molar-refractivity contribution in [1.82, 2.24) is 4.57 Å². The topological polar surface area (TPSA) is 57.2 Å². The molecule has 0 aliphatic rings. The minimum absolute atomic E-state index is 0.382. The lowest BCUT2D eigenvalue weighted by Crippen LogP contribution is -2.13. The maximum atomic E-state index is 12.2. The van der Waals surface area contributed by atoms with Gasteiger partial charge in [-0.25, -0.2) is 0 Å². The monoisotopic (exact) mass is 354 g/mol. The summed E-state index contributed by atoms with van der Waals surface area (Å²) in [4.78, 5) is 12.2. The predicted molar refractivity (Wildman–Crippen MR) is 102 cm³/mol. The summed E-state index contributed by atoms with van der Waals surface area (Å²) in [5.74, 6) is 0.461. The molecule has 25 heavy (non-hydrogen) atoms. The zero-order chi connectivity index (χ0) is 18.0. The van der Waals surface area contributed by atoms with Gasteiger partial charge in [-0.1, -0.05) is 25.1 Å². The van der Waals surface area contributed by atoms with E-state index in [1.54, 1.807) is 18.4 Å². The smallest absolute Gasteiger partial charge is 0.251 e. The van der Waals surface area contributed by atoms with Gasteiger partial charge in [-0.3, -0.25) is 4.79 Å². The fourth-order valence-electron chi connectivity index (χ4n) is 3.40. The molecule has 0 aliphatic heterocycles. The van der Waals surface area contributed by atoms with Crippen LogP contribution in [-0.2, 0) is 13.0 Å². The van der Waals surface area contributed by atoms with Crippen LogP contribution in [0, 0.1) is 6.92 Å². The molecule has 0 aliphatic carbocycles. The third-order valence-corrected chi connectivity index (χ3v) is 5.23. The molecule has 2 aromatic heterocycles. The molecule has 3 rings (SSSR count). The Hall–Kier alpha value is -2.53. The SMILES string of the molecule is CCc1c(-c2ccsc2)c(C(N)=O)c(C)n1Cc1ccccc1OC. The van der Waals surface area contributed by atoms with Crippen LogP contribution in [0.4, 0.5) is 0 Å². The standard InChI is InChI=1S/C20H22N2O2S/c1-4-16-19(15-9-10-25-12-15)18(20(21)23)13(2)22(16)11-14-7-5-6-8-17(14)24-3/h5-10,12H,4,11H2,1-3H3,(H2,21,23). The summed E-state index contributed by atoms with van der Waals surface area (Å²) in [5, 5.41) is 4.08. The van der Waals surface area contributed by atoms with Crippen molar-refractivity contribution in [3.8, 4) is 16.9 Å². The second-order valence-corrected chi connectivity index (χ2v) is 6.69. The van der Waals surface area contributed by atoms with Crippen LogP contribution in [0.2, 0.25) is 0 Å². The van der Waals surface area contributed by atoms with Crippen molar-refractivity contribution in [2.24, 2.45) is 5.73 Å². The van der Waals surface area contributed by atoms with E-state index in [9.17, 15) is 4.79 Å². The molecule has 0 fully saturated rings. The number of aromatic nitrogens is 1. The van der Waals surface area contributed by atoms with E-state index in [1.165, 1.54) is 0 Å². The highest BCUT2D eigenvalue weighted by atomic mass is 32.1. The van der Waals surface area contributed by atoms with Crippen LogP contribution >= 0.6 is 11.3 Å². The van der Waals surface area contributed by atoms with Crippen LogP contribution in [0.25, 0.3) is 11.1 Å². The number of ether oxygens (including phenoxy) is 1. The maximum Gasteiger partial charge on any atom is 0.251 e. The molecule has 0 saturated heterocycles. The normalized spacial score (nSPS) is 10.8. The molecular formula is C20H22N2O2S. The Labute approximate surface area is 151 Å². The highest BCUT2D eigenvalue weighted by molar-refractivity contribution is 7.08. The molecular weight excluding hydrogens is 332 g/mol. The number of primary amides is 1. The van der Waals surface area contributed by atoms with E-state index in [0.29, 0.717) is 12.1 Å². The molecule has 0 saturated carbocycles. The van der Waals surface area contributed by atoms with Crippen LogP contribution in [0.5, 0.6) is 5.75 Å². The first-order chi connectivity index (χ1) is 12.1. The summed E-state index contributed by atoms with van der Waals surface area (Å²) >= 11 is 1.62. The Bertz CT molecular complexity index is 895. The van der Waals surface area contributed by atoms with Crippen molar-refractivity contribution in [2.75, 3.05) is 7.11 Å². The molecule has 0 unspecified atom stereocenters. The molecule has 4 nitrogen and oxygen atoms in total. The number of rotatable bonds is 6. The lowest BCUT2D eigenvalue weighted by atomic mass is 10.0. The molecule has 1 aromatic carbocycles. The van der Waals surface area contributed by atoms with Crippen molar-refractivity contribution in [3.05, 3.63) is 63.6 Å². The van der Waals surface area contributed by atoms with E-state index in [4.69, 9.17) is 10.5 Å². The van der Waals surface area contributed by atoms with Gasteiger partial charge in [0.1, 0.15) is 5.75 Å². The van der Waals surface area contributed by atoms with Gasteiger partial charge in [0.05, 0.1) is 19.2 Å². The summed E-state index contributed by atoms with van der Waals surface area (Å²) in [7, 11) is 1.67. The number of amides is 1. The molecule has 130 valence electrons. The predicted octanol–water partition coefficient (Wildman–Crippen LogP) is 4.24. The van der Waals surface area contributed by atoms with E-state index in [-0.39, 0.29) is 5.91 Å². The first-order valence-corrected chi connectivity index (χ1v) is 9.19. The van der Waals surface area contributed by atoms with Gasteiger partial charge in [0.25, 0.3) is 5.91 Å². The Morgan fingerprint density at radius 3 is 2.64 bits per heavy atom. The molecule has 0 atom stereocenters. The van der Waals surface area contributed by atoms with Crippen LogP contribution in [0.1, 0.15) is 34.2 Å². The van der Waals surface area contributed by atoms with E-state index in [0.717, 1.165) is 40.2 Å². The second-order valence-electron chi connectivity index (χ2n) is 5.91. The van der Waals surface area contributed by atoms with E-state index in [2.05, 4.69) is 16.9 Å². The molecule has 0 radical (unpaired) electrons. The third-order valence-electron chi connectivity index (χ3n) is 4.54.